The molecule has 0 saturated carbocycles. The number of nitrogens with zero attached hydrogens (tertiary/aromatic N) is 5. The highest BCUT2D eigenvalue weighted by Crippen LogP contribution is 2.26. The third-order valence-corrected chi connectivity index (χ3v) is 8.14. The summed E-state index contributed by atoms with van der Waals surface area (Å²) in [6, 6.07) is 7.22. The van der Waals surface area contributed by atoms with Crippen LogP contribution in [0.4, 0.5) is 0 Å². The summed E-state index contributed by atoms with van der Waals surface area (Å²) in [5, 5.41) is 7.71. The first-order chi connectivity index (χ1) is 15.0. The van der Waals surface area contributed by atoms with Crippen LogP contribution in [0, 0.1) is 0 Å². The fraction of sp³-hybridized carbons (Fsp3) is 0.545. The minimum Gasteiger partial charge on any atom is -0.352 e. The van der Waals surface area contributed by atoms with E-state index < -0.39 is 10.0 Å². The van der Waals surface area contributed by atoms with E-state index in [2.05, 4.69) is 26.5 Å². The molecule has 9 heteroatoms. The third-order valence-electron chi connectivity index (χ3n) is 6.22. The summed E-state index contributed by atoms with van der Waals surface area (Å²) in [7, 11) is 0.359. The Balaban J connectivity index is 1.34. The van der Waals surface area contributed by atoms with Crippen LogP contribution in [0.25, 0.3) is 0 Å². The lowest BCUT2D eigenvalue weighted by Crippen LogP contribution is -2.39. The molecule has 2 aliphatic heterocycles. The minimum atomic E-state index is -3.38. The van der Waals surface area contributed by atoms with E-state index in [0.717, 1.165) is 50.3 Å². The smallest absolute Gasteiger partial charge is 0.243 e. The van der Waals surface area contributed by atoms with Gasteiger partial charge in [-0.15, -0.1) is 0 Å². The second kappa shape index (κ2) is 9.40. The standard InChI is InChI=1S/C22H32N6O2S/c1-23-22(27-13-10-19(17-27)20-15-25-26(2)16-20)24-14-18-6-8-21(9-7-18)31(29,30)28-11-4-3-5-12-28/h6-9,15-16,19H,3-5,10-14,17H2,1-2H3,(H,23,24). The Labute approximate surface area is 185 Å². The first kappa shape index (κ1) is 21.8. The zero-order valence-corrected chi connectivity index (χ0v) is 19.2. The van der Waals surface area contributed by atoms with Crippen molar-refractivity contribution < 1.29 is 8.42 Å². The molecule has 2 fully saturated rings. The van der Waals surface area contributed by atoms with Gasteiger partial charge in [0.25, 0.3) is 0 Å². The molecule has 168 valence electrons. The van der Waals surface area contributed by atoms with Crippen molar-refractivity contribution in [3.63, 3.8) is 0 Å². The molecule has 0 spiro atoms. The number of sulfonamides is 1. The topological polar surface area (TPSA) is 82.8 Å². The number of piperidine rings is 1. The molecule has 2 aliphatic rings. The predicted octanol–water partition coefficient (Wildman–Crippen LogP) is 2.16. The van der Waals surface area contributed by atoms with Crippen molar-refractivity contribution in [2.24, 2.45) is 12.0 Å². The van der Waals surface area contributed by atoms with Gasteiger partial charge in [-0.2, -0.15) is 9.40 Å². The molecular formula is C22H32N6O2S. The van der Waals surface area contributed by atoms with Gasteiger partial charge in [-0.05, 0) is 42.5 Å². The van der Waals surface area contributed by atoms with E-state index in [1.165, 1.54) is 5.56 Å². The second-order valence-electron chi connectivity index (χ2n) is 8.39. The number of hydrogen-bond donors (Lipinski definition) is 1. The number of benzene rings is 1. The van der Waals surface area contributed by atoms with Crippen molar-refractivity contribution in [3.8, 4) is 0 Å². The molecule has 1 atom stereocenters. The summed E-state index contributed by atoms with van der Waals surface area (Å²) in [5.74, 6) is 1.34. The Morgan fingerprint density at radius 2 is 1.90 bits per heavy atom. The molecule has 2 aromatic rings. The molecule has 0 radical (unpaired) electrons. The molecule has 3 heterocycles. The Hall–Kier alpha value is -2.39. The number of likely N-dealkylation sites (tertiary alicyclic amines) is 1. The lowest BCUT2D eigenvalue weighted by molar-refractivity contribution is 0.346. The van der Waals surface area contributed by atoms with Crippen LogP contribution in [0.15, 0.2) is 46.5 Å². The number of nitrogens with one attached hydrogen (secondary N) is 1. The van der Waals surface area contributed by atoms with Crippen molar-refractivity contribution in [2.75, 3.05) is 33.2 Å². The van der Waals surface area contributed by atoms with E-state index in [0.29, 0.717) is 30.4 Å². The number of rotatable bonds is 5. The lowest BCUT2D eigenvalue weighted by Gasteiger charge is -2.26. The molecule has 1 N–H and O–H groups in total. The average molecular weight is 445 g/mol. The van der Waals surface area contributed by atoms with E-state index in [-0.39, 0.29) is 0 Å². The Kier molecular flexibility index (Phi) is 6.62. The van der Waals surface area contributed by atoms with Crippen molar-refractivity contribution in [1.82, 2.24) is 24.3 Å². The van der Waals surface area contributed by atoms with Crippen molar-refractivity contribution in [2.45, 2.75) is 43.0 Å². The summed E-state index contributed by atoms with van der Waals surface area (Å²) in [6.07, 6.45) is 8.11. The molecule has 0 amide bonds. The monoisotopic (exact) mass is 444 g/mol. The van der Waals surface area contributed by atoms with Crippen LogP contribution in [-0.2, 0) is 23.6 Å². The minimum absolute atomic E-state index is 0.376. The highest BCUT2D eigenvalue weighted by atomic mass is 32.2. The molecule has 2 saturated heterocycles. The van der Waals surface area contributed by atoms with Gasteiger partial charge in [0.05, 0.1) is 11.1 Å². The first-order valence-electron chi connectivity index (χ1n) is 11.0. The quantitative estimate of drug-likeness (QED) is 0.565. The molecule has 8 nitrogen and oxygen atoms in total. The van der Waals surface area contributed by atoms with E-state index in [9.17, 15) is 8.42 Å². The molecule has 31 heavy (non-hydrogen) atoms. The number of hydrogen-bond acceptors (Lipinski definition) is 4. The van der Waals surface area contributed by atoms with Gasteiger partial charge < -0.3 is 10.2 Å². The maximum Gasteiger partial charge on any atom is 0.243 e. The molecule has 4 rings (SSSR count). The van der Waals surface area contributed by atoms with Crippen LogP contribution < -0.4 is 5.32 Å². The van der Waals surface area contributed by atoms with E-state index in [1.807, 2.05) is 30.1 Å². The summed E-state index contributed by atoms with van der Waals surface area (Å²) < 4.78 is 29.1. The summed E-state index contributed by atoms with van der Waals surface area (Å²) in [5.41, 5.74) is 2.30. The van der Waals surface area contributed by atoms with Gasteiger partial charge in [-0.3, -0.25) is 9.67 Å². The van der Waals surface area contributed by atoms with Crippen LogP contribution in [0.3, 0.4) is 0 Å². The van der Waals surface area contributed by atoms with Gasteiger partial charge >= 0.3 is 0 Å². The van der Waals surface area contributed by atoms with Crippen molar-refractivity contribution >= 4 is 16.0 Å². The summed E-state index contributed by atoms with van der Waals surface area (Å²) >= 11 is 0. The maximum atomic E-state index is 12.8. The number of aliphatic imine (C=N–C) groups is 1. The molecule has 1 aromatic carbocycles. The van der Waals surface area contributed by atoms with E-state index >= 15 is 0 Å². The SMILES string of the molecule is CN=C(NCc1ccc(S(=O)(=O)N2CCCCC2)cc1)N1CCC(c2cnn(C)c2)C1. The van der Waals surface area contributed by atoms with Gasteiger partial charge in [-0.1, -0.05) is 18.6 Å². The van der Waals surface area contributed by atoms with Crippen LogP contribution >= 0.6 is 0 Å². The van der Waals surface area contributed by atoms with Gasteiger partial charge in [0.1, 0.15) is 0 Å². The normalized spacial score (nSPS) is 20.9. The maximum absolute atomic E-state index is 12.8. The Morgan fingerprint density at radius 3 is 2.55 bits per heavy atom. The fourth-order valence-electron chi connectivity index (χ4n) is 4.42. The van der Waals surface area contributed by atoms with E-state index in [1.54, 1.807) is 23.5 Å². The van der Waals surface area contributed by atoms with Gasteiger partial charge in [0, 0.05) is 58.9 Å². The van der Waals surface area contributed by atoms with Crippen LogP contribution in [0.2, 0.25) is 0 Å². The molecule has 0 aliphatic carbocycles. The highest BCUT2D eigenvalue weighted by Gasteiger charge is 2.27. The number of aromatic nitrogens is 2. The average Bonchev–Trinajstić information content (AvgIpc) is 3.44. The number of guanidine groups is 1. The van der Waals surface area contributed by atoms with Gasteiger partial charge in [0.2, 0.25) is 10.0 Å². The van der Waals surface area contributed by atoms with E-state index in [4.69, 9.17) is 0 Å². The lowest BCUT2D eigenvalue weighted by atomic mass is 10.0. The third kappa shape index (κ3) is 4.93. The fourth-order valence-corrected chi connectivity index (χ4v) is 5.94. The highest BCUT2D eigenvalue weighted by molar-refractivity contribution is 7.89. The Morgan fingerprint density at radius 1 is 1.16 bits per heavy atom. The first-order valence-corrected chi connectivity index (χ1v) is 12.4. The summed E-state index contributed by atoms with van der Waals surface area (Å²) in [4.78, 5) is 7.09. The molecule has 1 aromatic heterocycles. The van der Waals surface area contributed by atoms with Crippen LogP contribution in [-0.4, -0.2) is 66.6 Å². The Bertz CT molecular complexity index is 1010. The summed E-state index contributed by atoms with van der Waals surface area (Å²) in [6.45, 7) is 3.71. The van der Waals surface area contributed by atoms with Crippen LogP contribution in [0.1, 0.15) is 42.7 Å². The number of aryl methyl sites for hydroxylation is 1. The molecule has 1 unspecified atom stereocenters. The zero-order chi connectivity index (χ0) is 21.8. The zero-order valence-electron chi connectivity index (χ0n) is 18.4. The second-order valence-corrected chi connectivity index (χ2v) is 10.3. The molecular weight excluding hydrogens is 412 g/mol. The van der Waals surface area contributed by atoms with Crippen molar-refractivity contribution in [3.05, 3.63) is 47.8 Å². The van der Waals surface area contributed by atoms with Gasteiger partial charge in [0.15, 0.2) is 5.96 Å². The van der Waals surface area contributed by atoms with Crippen LogP contribution in [0.5, 0.6) is 0 Å². The predicted molar refractivity (Wildman–Crippen MR) is 121 cm³/mol. The molecule has 0 bridgehead atoms. The van der Waals surface area contributed by atoms with Gasteiger partial charge in [-0.25, -0.2) is 8.42 Å². The largest absolute Gasteiger partial charge is 0.352 e. The van der Waals surface area contributed by atoms with Crippen molar-refractivity contribution in [1.29, 1.82) is 0 Å².